The Labute approximate surface area is 74.5 Å². The van der Waals surface area contributed by atoms with Gasteiger partial charge in [-0.05, 0) is 25.8 Å². The Morgan fingerprint density at radius 2 is 2.33 bits per heavy atom. The lowest BCUT2D eigenvalue weighted by Gasteiger charge is -2.35. The van der Waals surface area contributed by atoms with Gasteiger partial charge in [-0.3, -0.25) is 4.90 Å². The lowest BCUT2D eigenvalue weighted by molar-refractivity contribution is 0.0938. The Kier molecular flexibility index (Phi) is 3.50. The minimum Gasteiger partial charge on any atom is -0.392 e. The molecule has 0 amide bonds. The zero-order chi connectivity index (χ0) is 9.14. The van der Waals surface area contributed by atoms with E-state index in [1.54, 1.807) is 0 Å². The van der Waals surface area contributed by atoms with Crippen molar-refractivity contribution in [3.8, 4) is 0 Å². The van der Waals surface area contributed by atoms with Gasteiger partial charge < -0.3 is 10.8 Å². The number of rotatable bonds is 2. The Morgan fingerprint density at radius 1 is 1.67 bits per heavy atom. The minimum atomic E-state index is -0.231. The molecule has 0 spiro atoms. The minimum absolute atomic E-state index is 0.231. The Bertz CT molecular complexity index is 138. The first-order chi connectivity index (χ1) is 5.59. The zero-order valence-electron chi connectivity index (χ0n) is 8.03. The molecule has 1 rings (SSSR count). The van der Waals surface area contributed by atoms with Crippen molar-refractivity contribution in [2.75, 3.05) is 19.6 Å². The zero-order valence-corrected chi connectivity index (χ0v) is 8.03. The third-order valence-electron chi connectivity index (χ3n) is 2.62. The van der Waals surface area contributed by atoms with E-state index in [1.165, 1.54) is 0 Å². The van der Waals surface area contributed by atoms with Crippen LogP contribution in [0.1, 0.15) is 20.3 Å². The van der Waals surface area contributed by atoms with Crippen molar-refractivity contribution in [2.24, 2.45) is 11.7 Å². The average Bonchev–Trinajstić information content (AvgIpc) is 1.96. The molecule has 3 nitrogen and oxygen atoms in total. The summed E-state index contributed by atoms with van der Waals surface area (Å²) in [5.74, 6) is 0.634. The van der Waals surface area contributed by atoms with E-state index in [9.17, 15) is 5.11 Å². The number of piperidine rings is 1. The highest BCUT2D eigenvalue weighted by Crippen LogP contribution is 2.15. The van der Waals surface area contributed by atoms with Crippen LogP contribution in [0.15, 0.2) is 0 Å². The quantitative estimate of drug-likeness (QED) is 0.618. The van der Waals surface area contributed by atoms with Gasteiger partial charge in [0, 0.05) is 19.1 Å². The van der Waals surface area contributed by atoms with E-state index in [-0.39, 0.29) is 12.1 Å². The highest BCUT2D eigenvalue weighted by atomic mass is 16.3. The van der Waals surface area contributed by atoms with Crippen molar-refractivity contribution >= 4 is 0 Å². The molecular formula is C9H20N2O. The second-order valence-electron chi connectivity index (χ2n) is 4.04. The number of likely N-dealkylation sites (tertiary alicyclic amines) is 1. The first kappa shape index (κ1) is 9.96. The van der Waals surface area contributed by atoms with Gasteiger partial charge in [-0.2, -0.15) is 0 Å². The highest BCUT2D eigenvalue weighted by Gasteiger charge is 2.23. The van der Waals surface area contributed by atoms with Crippen LogP contribution < -0.4 is 5.73 Å². The van der Waals surface area contributed by atoms with Gasteiger partial charge in [0.05, 0.1) is 6.10 Å². The summed E-state index contributed by atoms with van der Waals surface area (Å²) in [5.41, 5.74) is 5.92. The Hall–Kier alpha value is -0.120. The van der Waals surface area contributed by atoms with Gasteiger partial charge in [-0.15, -0.1) is 0 Å². The van der Waals surface area contributed by atoms with Crippen molar-refractivity contribution in [3.63, 3.8) is 0 Å². The van der Waals surface area contributed by atoms with E-state index in [2.05, 4.69) is 11.8 Å². The van der Waals surface area contributed by atoms with Crippen LogP contribution in [-0.4, -0.2) is 41.8 Å². The van der Waals surface area contributed by atoms with Gasteiger partial charge in [0.25, 0.3) is 0 Å². The van der Waals surface area contributed by atoms with Crippen LogP contribution in [0.25, 0.3) is 0 Å². The molecule has 1 aliphatic rings. The van der Waals surface area contributed by atoms with Gasteiger partial charge in [0.1, 0.15) is 0 Å². The van der Waals surface area contributed by atoms with Gasteiger partial charge in [0.2, 0.25) is 0 Å². The third kappa shape index (κ3) is 2.73. The van der Waals surface area contributed by atoms with Crippen molar-refractivity contribution in [3.05, 3.63) is 0 Å². The van der Waals surface area contributed by atoms with E-state index < -0.39 is 0 Å². The summed E-state index contributed by atoms with van der Waals surface area (Å²) in [6, 6.07) is 0.289. The van der Waals surface area contributed by atoms with Crippen molar-refractivity contribution in [1.82, 2.24) is 4.90 Å². The third-order valence-corrected chi connectivity index (χ3v) is 2.62. The van der Waals surface area contributed by atoms with E-state index in [4.69, 9.17) is 5.73 Å². The molecular weight excluding hydrogens is 152 g/mol. The fourth-order valence-electron chi connectivity index (χ4n) is 1.71. The number of aliphatic hydroxyl groups is 1. The molecule has 72 valence electrons. The van der Waals surface area contributed by atoms with Crippen LogP contribution >= 0.6 is 0 Å². The summed E-state index contributed by atoms with van der Waals surface area (Å²) in [4.78, 5) is 2.25. The molecule has 0 aliphatic carbocycles. The normalized spacial score (nSPS) is 35.0. The van der Waals surface area contributed by atoms with E-state index in [0.717, 1.165) is 26.1 Å². The number of hydrogen-bond acceptors (Lipinski definition) is 3. The fourth-order valence-corrected chi connectivity index (χ4v) is 1.71. The summed E-state index contributed by atoms with van der Waals surface area (Å²) in [7, 11) is 0. The number of hydrogen-bond donors (Lipinski definition) is 2. The first-order valence-corrected chi connectivity index (χ1v) is 4.75. The summed E-state index contributed by atoms with van der Waals surface area (Å²) >= 11 is 0. The predicted molar refractivity (Wildman–Crippen MR) is 49.9 cm³/mol. The lowest BCUT2D eigenvalue weighted by Crippen LogP contribution is -2.49. The first-order valence-electron chi connectivity index (χ1n) is 4.75. The summed E-state index contributed by atoms with van der Waals surface area (Å²) in [5, 5.41) is 9.17. The molecule has 3 N–H and O–H groups in total. The molecule has 1 saturated heterocycles. The van der Waals surface area contributed by atoms with E-state index in [1.807, 2.05) is 6.92 Å². The Balaban J connectivity index is 2.30. The number of aliphatic hydroxyl groups excluding tert-OH is 1. The van der Waals surface area contributed by atoms with Crippen LogP contribution in [0.4, 0.5) is 0 Å². The molecule has 3 heteroatoms. The van der Waals surface area contributed by atoms with Crippen molar-refractivity contribution in [1.29, 1.82) is 0 Å². The molecule has 0 radical (unpaired) electrons. The van der Waals surface area contributed by atoms with Gasteiger partial charge in [-0.1, -0.05) is 6.92 Å². The van der Waals surface area contributed by atoms with Gasteiger partial charge >= 0.3 is 0 Å². The van der Waals surface area contributed by atoms with Crippen LogP contribution in [0, 0.1) is 5.92 Å². The summed E-state index contributed by atoms with van der Waals surface area (Å²) in [6.45, 7) is 6.81. The molecule has 2 unspecified atom stereocenters. The second kappa shape index (κ2) is 4.21. The van der Waals surface area contributed by atoms with Crippen LogP contribution in [0.2, 0.25) is 0 Å². The molecule has 0 aromatic heterocycles. The molecule has 1 heterocycles. The van der Waals surface area contributed by atoms with Gasteiger partial charge in [-0.25, -0.2) is 0 Å². The molecule has 12 heavy (non-hydrogen) atoms. The largest absolute Gasteiger partial charge is 0.392 e. The SMILES string of the molecule is CC1CCN(C[C@@H](C)O)CC1N. The van der Waals surface area contributed by atoms with E-state index in [0.29, 0.717) is 5.92 Å². The topological polar surface area (TPSA) is 49.5 Å². The average molecular weight is 172 g/mol. The summed E-state index contributed by atoms with van der Waals surface area (Å²) in [6.07, 6.45) is 0.930. The molecule has 1 fully saturated rings. The number of nitrogens with zero attached hydrogens (tertiary/aromatic N) is 1. The van der Waals surface area contributed by atoms with Crippen molar-refractivity contribution < 1.29 is 5.11 Å². The van der Waals surface area contributed by atoms with Crippen LogP contribution in [0.5, 0.6) is 0 Å². The lowest BCUT2D eigenvalue weighted by atomic mass is 9.94. The summed E-state index contributed by atoms with van der Waals surface area (Å²) < 4.78 is 0. The number of nitrogens with two attached hydrogens (primary N) is 1. The molecule has 0 aromatic rings. The monoisotopic (exact) mass is 172 g/mol. The molecule has 0 bridgehead atoms. The molecule has 3 atom stereocenters. The molecule has 0 saturated carbocycles. The predicted octanol–water partition coefficient (Wildman–Crippen LogP) is 0.0363. The number of β-amino-alcohol motifs (C(OH)–C–C–N with tert-alkyl or cyclic N) is 1. The van der Waals surface area contributed by atoms with Crippen molar-refractivity contribution in [2.45, 2.75) is 32.4 Å². The Morgan fingerprint density at radius 3 is 2.83 bits per heavy atom. The maximum absolute atomic E-state index is 9.17. The molecule has 0 aromatic carbocycles. The van der Waals surface area contributed by atoms with Crippen LogP contribution in [-0.2, 0) is 0 Å². The second-order valence-corrected chi connectivity index (χ2v) is 4.04. The van der Waals surface area contributed by atoms with E-state index >= 15 is 0 Å². The smallest absolute Gasteiger partial charge is 0.0639 e. The van der Waals surface area contributed by atoms with Gasteiger partial charge in [0.15, 0.2) is 0 Å². The highest BCUT2D eigenvalue weighted by molar-refractivity contribution is 4.80. The molecule has 1 aliphatic heterocycles. The maximum Gasteiger partial charge on any atom is 0.0639 e. The maximum atomic E-state index is 9.17. The fraction of sp³-hybridized carbons (Fsp3) is 1.00. The standard InChI is InChI=1S/C9H20N2O/c1-7-3-4-11(5-8(2)12)6-9(7)10/h7-9,12H,3-6,10H2,1-2H3/t7?,8-,9?/m1/s1. The van der Waals surface area contributed by atoms with Crippen LogP contribution in [0.3, 0.4) is 0 Å².